The molecule has 2 aromatic heterocycles. The number of amides is 1. The van der Waals surface area contributed by atoms with Crippen LogP contribution in [0.1, 0.15) is 50.8 Å². The maximum Gasteiger partial charge on any atom is 0.228 e. The summed E-state index contributed by atoms with van der Waals surface area (Å²) in [6, 6.07) is 42.1. The molecule has 1 aliphatic carbocycles. The zero-order valence-corrected chi connectivity index (χ0v) is 28.1. The average molecular weight is 664 g/mol. The molecule has 244 valence electrons. The van der Waals surface area contributed by atoms with Crippen LogP contribution >= 0.6 is 11.6 Å². The van der Waals surface area contributed by atoms with Gasteiger partial charge in [-0.25, -0.2) is 4.98 Å². The van der Waals surface area contributed by atoms with E-state index in [1.165, 1.54) is 16.7 Å². The van der Waals surface area contributed by atoms with Gasteiger partial charge in [0.05, 0.1) is 30.2 Å². The van der Waals surface area contributed by atoms with E-state index >= 15 is 0 Å². The average Bonchev–Trinajstić information content (AvgIpc) is 3.55. The van der Waals surface area contributed by atoms with Gasteiger partial charge in [0.15, 0.2) is 0 Å². The summed E-state index contributed by atoms with van der Waals surface area (Å²) in [7, 11) is 0. The van der Waals surface area contributed by atoms with Gasteiger partial charge >= 0.3 is 0 Å². The molecule has 0 N–H and O–H groups in total. The highest BCUT2D eigenvalue weighted by molar-refractivity contribution is 6.30. The summed E-state index contributed by atoms with van der Waals surface area (Å²) < 4.78 is 2.17. The van der Waals surface area contributed by atoms with E-state index in [9.17, 15) is 4.79 Å². The number of benzene rings is 4. The lowest BCUT2D eigenvalue weighted by Crippen LogP contribution is -2.50. The molecule has 0 spiro atoms. The molecule has 2 aliphatic rings. The number of pyridine rings is 1. The maximum absolute atomic E-state index is 13.8. The van der Waals surface area contributed by atoms with Crippen LogP contribution in [0.25, 0.3) is 0 Å². The Morgan fingerprint density at radius 3 is 1.96 bits per heavy atom. The minimum absolute atomic E-state index is 0.0426. The molecule has 1 unspecified atom stereocenters. The van der Waals surface area contributed by atoms with Crippen LogP contribution in [0.4, 0.5) is 0 Å². The molecule has 1 fully saturated rings. The van der Waals surface area contributed by atoms with Crippen molar-refractivity contribution in [1.29, 1.82) is 0 Å². The van der Waals surface area contributed by atoms with Crippen LogP contribution in [0.5, 0.6) is 0 Å². The van der Waals surface area contributed by atoms with Crippen molar-refractivity contribution >= 4 is 17.5 Å². The van der Waals surface area contributed by atoms with Crippen LogP contribution in [0.15, 0.2) is 140 Å². The molecule has 6 aromatic rings. The molecule has 0 saturated carbocycles. The highest BCUT2D eigenvalue weighted by atomic mass is 35.5. The number of piperazine rings is 1. The molecular weight excluding hydrogens is 626 g/mol. The number of hydrogen-bond acceptors (Lipinski definition) is 4. The first-order valence-electron chi connectivity index (χ1n) is 17.0. The summed E-state index contributed by atoms with van der Waals surface area (Å²) in [6.45, 7) is 2.84. The van der Waals surface area contributed by atoms with Gasteiger partial charge in [-0.15, -0.1) is 0 Å². The summed E-state index contributed by atoms with van der Waals surface area (Å²) >= 11 is 6.44. The lowest BCUT2D eigenvalue weighted by Gasteiger charge is -2.39. The summed E-state index contributed by atoms with van der Waals surface area (Å²) in [5, 5.41) is 0.767. The molecule has 1 saturated heterocycles. The number of carbonyl (C=O) groups is 1. The predicted molar refractivity (Wildman–Crippen MR) is 194 cm³/mol. The van der Waals surface area contributed by atoms with E-state index in [0.717, 1.165) is 59.0 Å². The van der Waals surface area contributed by atoms with Gasteiger partial charge in [0.2, 0.25) is 5.91 Å². The van der Waals surface area contributed by atoms with Crippen LogP contribution in [0.3, 0.4) is 0 Å². The number of nitrogens with zero attached hydrogens (tertiary/aromatic N) is 5. The fourth-order valence-corrected chi connectivity index (χ4v) is 8.07. The van der Waals surface area contributed by atoms with Gasteiger partial charge in [-0.1, -0.05) is 115 Å². The van der Waals surface area contributed by atoms with Gasteiger partial charge in [-0.05, 0) is 64.4 Å². The molecule has 1 aliphatic heterocycles. The second-order valence-corrected chi connectivity index (χ2v) is 13.4. The Morgan fingerprint density at radius 2 is 1.33 bits per heavy atom. The van der Waals surface area contributed by atoms with Crippen LogP contribution in [-0.2, 0) is 29.6 Å². The first kappa shape index (κ1) is 31.2. The molecule has 0 bridgehead atoms. The van der Waals surface area contributed by atoms with Crippen LogP contribution < -0.4 is 0 Å². The fourth-order valence-electron chi connectivity index (χ4n) is 7.87. The normalized spacial score (nSPS) is 16.4. The largest absolute Gasteiger partial charge is 0.340 e. The molecule has 1 amide bonds. The number of carbonyl (C=O) groups excluding carboxylic acids is 1. The van der Waals surface area contributed by atoms with Crippen molar-refractivity contribution in [3.05, 3.63) is 190 Å². The highest BCUT2D eigenvalue weighted by Crippen LogP contribution is 2.41. The van der Waals surface area contributed by atoms with E-state index in [2.05, 4.69) is 107 Å². The molecule has 8 rings (SSSR count). The van der Waals surface area contributed by atoms with E-state index in [0.29, 0.717) is 13.1 Å². The van der Waals surface area contributed by atoms with Crippen molar-refractivity contribution in [3.63, 3.8) is 0 Å². The third kappa shape index (κ3) is 5.85. The quantitative estimate of drug-likeness (QED) is 0.168. The molecule has 3 heterocycles. The molecule has 0 radical (unpaired) electrons. The van der Waals surface area contributed by atoms with Crippen molar-refractivity contribution in [2.75, 3.05) is 26.2 Å². The van der Waals surface area contributed by atoms with Crippen molar-refractivity contribution < 1.29 is 4.79 Å². The van der Waals surface area contributed by atoms with E-state index in [4.69, 9.17) is 21.6 Å². The number of aryl methyl sites for hydroxylation is 2. The van der Waals surface area contributed by atoms with Crippen molar-refractivity contribution in [2.45, 2.75) is 30.8 Å². The Bertz CT molecular complexity index is 1960. The monoisotopic (exact) mass is 663 g/mol. The van der Waals surface area contributed by atoms with Gasteiger partial charge in [-0.3, -0.25) is 14.7 Å². The Kier molecular flexibility index (Phi) is 8.58. The van der Waals surface area contributed by atoms with Crippen LogP contribution in [0, 0.1) is 0 Å². The third-order valence-corrected chi connectivity index (χ3v) is 10.4. The highest BCUT2D eigenvalue weighted by Gasteiger charge is 2.39. The smallest absolute Gasteiger partial charge is 0.228 e. The zero-order valence-electron chi connectivity index (χ0n) is 27.3. The molecule has 7 heteroatoms. The predicted octanol–water partition coefficient (Wildman–Crippen LogP) is 7.35. The first-order valence-corrected chi connectivity index (χ1v) is 17.4. The molecule has 6 nitrogen and oxygen atoms in total. The Balaban J connectivity index is 1.05. The SMILES string of the molecule is O=C(Cc1cn(C(c2ccccc2)(c2ccccc2)c2ccccc2)cn1)N1CCN(C2c3ccc(Cl)cc3CCc3cccnc32)CC1. The second-order valence-electron chi connectivity index (χ2n) is 13.0. The topological polar surface area (TPSA) is 54.3 Å². The van der Waals surface area contributed by atoms with Gasteiger partial charge in [-0.2, -0.15) is 0 Å². The first-order chi connectivity index (χ1) is 24.1. The number of hydrogen-bond donors (Lipinski definition) is 0. The molecule has 1 atom stereocenters. The Labute approximate surface area is 292 Å². The van der Waals surface area contributed by atoms with Gasteiger partial charge in [0, 0.05) is 43.6 Å². The number of fused-ring (bicyclic) bond motifs is 2. The lowest BCUT2D eigenvalue weighted by molar-refractivity contribution is -0.132. The van der Waals surface area contributed by atoms with Crippen molar-refractivity contribution in [2.24, 2.45) is 0 Å². The standard InChI is InChI=1S/C42H38ClN5O/c43-36-20-21-38-32(27-36)19-18-31-11-10-22-44-40(31)41(38)47-25-23-46(24-26-47)39(49)28-37-29-48(30-45-37)42(33-12-4-1-5-13-33,34-14-6-2-7-15-34)35-16-8-3-9-17-35/h1-17,20-22,27,29-30,41H,18-19,23-26,28H2. The van der Waals surface area contributed by atoms with E-state index in [1.807, 2.05) is 47.8 Å². The van der Waals surface area contributed by atoms with Crippen LogP contribution in [0.2, 0.25) is 5.02 Å². The molecule has 49 heavy (non-hydrogen) atoms. The minimum Gasteiger partial charge on any atom is -0.340 e. The molecule has 4 aromatic carbocycles. The van der Waals surface area contributed by atoms with Gasteiger partial charge in [0.25, 0.3) is 0 Å². The fraction of sp³-hybridized carbons (Fsp3) is 0.214. The minimum atomic E-state index is -0.659. The summed E-state index contributed by atoms with van der Waals surface area (Å²) in [5.74, 6) is 0.0983. The van der Waals surface area contributed by atoms with Crippen LogP contribution in [-0.4, -0.2) is 56.4 Å². The Morgan fingerprint density at radius 1 is 0.714 bits per heavy atom. The van der Waals surface area contributed by atoms with Crippen molar-refractivity contribution in [3.8, 4) is 0 Å². The van der Waals surface area contributed by atoms with E-state index in [-0.39, 0.29) is 18.4 Å². The lowest BCUT2D eigenvalue weighted by atomic mass is 9.77. The maximum atomic E-state index is 13.8. The van der Waals surface area contributed by atoms with E-state index < -0.39 is 5.54 Å². The van der Waals surface area contributed by atoms with Gasteiger partial charge in [0.1, 0.15) is 5.54 Å². The number of rotatable bonds is 7. The summed E-state index contributed by atoms with van der Waals surface area (Å²) in [5.41, 5.74) is 8.42. The summed E-state index contributed by atoms with van der Waals surface area (Å²) in [6.07, 6.45) is 7.96. The van der Waals surface area contributed by atoms with Crippen molar-refractivity contribution in [1.82, 2.24) is 24.3 Å². The van der Waals surface area contributed by atoms with Gasteiger partial charge < -0.3 is 9.47 Å². The number of aromatic nitrogens is 3. The number of imidazole rings is 1. The van der Waals surface area contributed by atoms with E-state index in [1.54, 1.807) is 0 Å². The Hall–Kier alpha value is -5.04. The second kappa shape index (κ2) is 13.5. The molecular formula is C42H38ClN5O. The summed E-state index contributed by atoms with van der Waals surface area (Å²) in [4.78, 5) is 28.0. The third-order valence-electron chi connectivity index (χ3n) is 10.2. The number of halogens is 1. The zero-order chi connectivity index (χ0) is 33.2.